The first-order valence-electron chi connectivity index (χ1n) is 10.2. The van der Waals surface area contributed by atoms with Crippen molar-refractivity contribution in [1.29, 1.82) is 0 Å². The van der Waals surface area contributed by atoms with Crippen LogP contribution < -0.4 is 0 Å². The first-order chi connectivity index (χ1) is 12.5. The van der Waals surface area contributed by atoms with Gasteiger partial charge in [-0.15, -0.1) is 0 Å². The van der Waals surface area contributed by atoms with E-state index < -0.39 is 6.11 Å². The Morgan fingerprint density at radius 2 is 1.65 bits per heavy atom. The summed E-state index contributed by atoms with van der Waals surface area (Å²) in [5.41, 5.74) is 2.06. The van der Waals surface area contributed by atoms with Crippen molar-refractivity contribution < 1.29 is 13.5 Å². The topological polar surface area (TPSA) is 9.23 Å². The molecule has 1 aromatic rings. The lowest BCUT2D eigenvalue weighted by Gasteiger charge is -2.30. The monoisotopic (exact) mass is 364 g/mol. The third-order valence-electron chi connectivity index (χ3n) is 5.48. The van der Waals surface area contributed by atoms with Gasteiger partial charge < -0.3 is 4.74 Å². The van der Waals surface area contributed by atoms with Gasteiger partial charge in [0.05, 0.1) is 6.61 Å². The number of benzene rings is 1. The van der Waals surface area contributed by atoms with E-state index in [-0.39, 0.29) is 18.9 Å². The minimum Gasteiger partial charge on any atom is -0.316 e. The standard InChI is InChI=1S/C23H34F2O/c1-3-5-6-8-20-9-13-21(14-10-20)17-23(24,25)26-18-22-15-11-19(7-4-2)12-16-22/h3,5,11-12,15-16,20-21H,4,6-10,13-14,17-18H2,1-2H3. The summed E-state index contributed by atoms with van der Waals surface area (Å²) in [7, 11) is 0. The van der Waals surface area contributed by atoms with Gasteiger partial charge in [-0.05, 0) is 62.0 Å². The van der Waals surface area contributed by atoms with Gasteiger partial charge in [-0.2, -0.15) is 8.78 Å². The maximum atomic E-state index is 14.2. The van der Waals surface area contributed by atoms with Gasteiger partial charge in [-0.3, -0.25) is 0 Å². The van der Waals surface area contributed by atoms with Crippen LogP contribution in [0.5, 0.6) is 0 Å². The Labute approximate surface area is 157 Å². The minimum atomic E-state index is -3.02. The summed E-state index contributed by atoms with van der Waals surface area (Å²) in [5.74, 6) is 0.800. The van der Waals surface area contributed by atoms with Gasteiger partial charge in [0, 0.05) is 6.42 Å². The molecule has 1 aliphatic rings. The van der Waals surface area contributed by atoms with Crippen LogP contribution in [-0.2, 0) is 17.8 Å². The molecule has 0 spiro atoms. The maximum absolute atomic E-state index is 14.2. The smallest absolute Gasteiger partial charge is 0.316 e. The molecule has 0 heterocycles. The van der Waals surface area contributed by atoms with Crippen molar-refractivity contribution in [2.45, 2.75) is 84.4 Å². The van der Waals surface area contributed by atoms with E-state index in [2.05, 4.69) is 19.1 Å². The molecule has 0 aromatic heterocycles. The first kappa shape index (κ1) is 21.1. The van der Waals surface area contributed by atoms with Crippen LogP contribution in [0.15, 0.2) is 36.4 Å². The number of aryl methyl sites for hydroxylation is 1. The molecule has 2 rings (SSSR count). The summed E-state index contributed by atoms with van der Waals surface area (Å²) in [6, 6.07) is 7.82. The van der Waals surface area contributed by atoms with E-state index in [0.29, 0.717) is 5.92 Å². The van der Waals surface area contributed by atoms with Crippen LogP contribution >= 0.6 is 0 Å². The van der Waals surface area contributed by atoms with Gasteiger partial charge in [0.15, 0.2) is 0 Å². The van der Waals surface area contributed by atoms with Gasteiger partial charge in [0.25, 0.3) is 0 Å². The van der Waals surface area contributed by atoms with Crippen LogP contribution in [-0.4, -0.2) is 6.11 Å². The minimum absolute atomic E-state index is 0.0158. The van der Waals surface area contributed by atoms with E-state index in [1.807, 2.05) is 31.2 Å². The molecule has 0 aliphatic heterocycles. The van der Waals surface area contributed by atoms with E-state index in [1.54, 1.807) is 0 Å². The molecule has 1 nitrogen and oxygen atoms in total. The molecule has 0 bridgehead atoms. The van der Waals surface area contributed by atoms with E-state index in [0.717, 1.165) is 50.5 Å². The molecule has 1 saturated carbocycles. The van der Waals surface area contributed by atoms with Crippen molar-refractivity contribution in [3.8, 4) is 0 Å². The van der Waals surface area contributed by atoms with Crippen LogP contribution in [0.4, 0.5) is 8.78 Å². The summed E-state index contributed by atoms with van der Waals surface area (Å²) < 4.78 is 33.4. The Morgan fingerprint density at radius 3 is 2.27 bits per heavy atom. The highest BCUT2D eigenvalue weighted by Gasteiger charge is 2.35. The van der Waals surface area contributed by atoms with Crippen molar-refractivity contribution >= 4 is 0 Å². The normalized spacial score (nSPS) is 21.4. The van der Waals surface area contributed by atoms with Gasteiger partial charge in [-0.25, -0.2) is 0 Å². The third-order valence-corrected chi connectivity index (χ3v) is 5.48. The quantitative estimate of drug-likeness (QED) is 0.396. The Balaban J connectivity index is 1.71. The molecular formula is C23H34F2O. The SMILES string of the molecule is CC=CCCC1CCC(CC(F)(F)OCc2ccc(CCC)cc2)CC1. The maximum Gasteiger partial charge on any atom is 0.356 e. The summed E-state index contributed by atoms with van der Waals surface area (Å²) in [5, 5.41) is 0. The number of rotatable bonds is 10. The number of allylic oxidation sites excluding steroid dienone is 2. The fourth-order valence-corrected chi connectivity index (χ4v) is 3.90. The van der Waals surface area contributed by atoms with Crippen LogP contribution in [0.2, 0.25) is 0 Å². The molecule has 1 aliphatic carbocycles. The number of hydrogen-bond donors (Lipinski definition) is 0. The second-order valence-corrected chi connectivity index (χ2v) is 7.73. The molecule has 1 fully saturated rings. The molecule has 0 saturated heterocycles. The van der Waals surface area contributed by atoms with Crippen molar-refractivity contribution in [3.63, 3.8) is 0 Å². The summed E-state index contributed by atoms with van der Waals surface area (Å²) >= 11 is 0. The van der Waals surface area contributed by atoms with E-state index in [9.17, 15) is 8.78 Å². The van der Waals surface area contributed by atoms with Gasteiger partial charge in [0.1, 0.15) is 0 Å². The zero-order valence-electron chi connectivity index (χ0n) is 16.4. The van der Waals surface area contributed by atoms with Crippen molar-refractivity contribution in [1.82, 2.24) is 0 Å². The number of halogens is 2. The molecule has 0 N–H and O–H groups in total. The highest BCUT2D eigenvalue weighted by Crippen LogP contribution is 2.38. The average molecular weight is 365 g/mol. The molecule has 0 atom stereocenters. The average Bonchev–Trinajstić information content (AvgIpc) is 2.63. The van der Waals surface area contributed by atoms with Crippen LogP contribution in [0, 0.1) is 11.8 Å². The van der Waals surface area contributed by atoms with Crippen molar-refractivity contribution in [2.24, 2.45) is 11.8 Å². The Kier molecular flexibility index (Phi) is 8.77. The lowest BCUT2D eigenvalue weighted by atomic mass is 9.78. The molecule has 0 radical (unpaired) electrons. The molecule has 0 amide bonds. The Bertz CT molecular complexity index is 528. The largest absolute Gasteiger partial charge is 0.356 e. The van der Waals surface area contributed by atoms with Crippen LogP contribution in [0.1, 0.15) is 76.3 Å². The van der Waals surface area contributed by atoms with Crippen LogP contribution in [0.25, 0.3) is 0 Å². The number of ether oxygens (including phenoxy) is 1. The fraction of sp³-hybridized carbons (Fsp3) is 0.652. The molecule has 1 aromatic carbocycles. The molecule has 146 valence electrons. The first-order valence-corrected chi connectivity index (χ1v) is 10.2. The van der Waals surface area contributed by atoms with Crippen molar-refractivity contribution in [3.05, 3.63) is 47.5 Å². The molecule has 3 heteroatoms. The molecule has 26 heavy (non-hydrogen) atoms. The number of hydrogen-bond acceptors (Lipinski definition) is 1. The zero-order valence-corrected chi connectivity index (χ0v) is 16.4. The highest BCUT2D eigenvalue weighted by atomic mass is 19.3. The molecule has 0 unspecified atom stereocenters. The Morgan fingerprint density at radius 1 is 1.04 bits per heavy atom. The van der Waals surface area contributed by atoms with Crippen molar-refractivity contribution in [2.75, 3.05) is 0 Å². The summed E-state index contributed by atoms with van der Waals surface area (Å²) in [6.07, 6.45) is 9.52. The second-order valence-electron chi connectivity index (χ2n) is 7.73. The third kappa shape index (κ3) is 7.57. The summed E-state index contributed by atoms with van der Waals surface area (Å²) in [6.45, 7) is 4.16. The lowest BCUT2D eigenvalue weighted by Crippen LogP contribution is -2.27. The Hall–Kier alpha value is -1.22. The van der Waals surface area contributed by atoms with Gasteiger partial charge in [0.2, 0.25) is 0 Å². The van der Waals surface area contributed by atoms with Gasteiger partial charge >= 0.3 is 6.11 Å². The van der Waals surface area contributed by atoms with Gasteiger partial charge in [-0.1, -0.05) is 62.6 Å². The fourth-order valence-electron chi connectivity index (χ4n) is 3.90. The zero-order chi connectivity index (χ0) is 18.8. The number of alkyl halides is 2. The van der Waals surface area contributed by atoms with Crippen LogP contribution in [0.3, 0.4) is 0 Å². The van der Waals surface area contributed by atoms with E-state index >= 15 is 0 Å². The van der Waals surface area contributed by atoms with E-state index in [4.69, 9.17) is 4.74 Å². The predicted octanol–water partition coefficient (Wildman–Crippen LogP) is 7.30. The second kappa shape index (κ2) is 10.8. The van der Waals surface area contributed by atoms with E-state index in [1.165, 1.54) is 12.0 Å². The lowest BCUT2D eigenvalue weighted by molar-refractivity contribution is -0.256. The molecular weight excluding hydrogens is 330 g/mol. The highest BCUT2D eigenvalue weighted by molar-refractivity contribution is 5.22. The summed E-state index contributed by atoms with van der Waals surface area (Å²) in [4.78, 5) is 0. The predicted molar refractivity (Wildman–Crippen MR) is 104 cm³/mol.